The lowest BCUT2D eigenvalue weighted by atomic mass is 10.1. The summed E-state index contributed by atoms with van der Waals surface area (Å²) in [5.41, 5.74) is 3.80. The minimum Gasteiger partial charge on any atom is -0.478 e. The molecule has 0 saturated carbocycles. The lowest BCUT2D eigenvalue weighted by Crippen LogP contribution is -2.21. The highest BCUT2D eigenvalue weighted by molar-refractivity contribution is 7.13. The molecule has 0 unspecified atom stereocenters. The highest BCUT2D eigenvalue weighted by Gasteiger charge is 2.16. The number of nitrogens with zero attached hydrogens (tertiary/aromatic N) is 2. The molecule has 5 nitrogen and oxygen atoms in total. The van der Waals surface area contributed by atoms with Gasteiger partial charge in [-0.05, 0) is 29.8 Å². The van der Waals surface area contributed by atoms with E-state index in [4.69, 9.17) is 4.74 Å². The van der Waals surface area contributed by atoms with Crippen molar-refractivity contribution in [2.45, 2.75) is 32.4 Å². The second-order valence-electron chi connectivity index (χ2n) is 7.26. The zero-order valence-electron chi connectivity index (χ0n) is 14.7. The number of ether oxygens (including phenoxy) is 1. The molecule has 3 rings (SSSR count). The number of fused-ring (bicyclic) bond motifs is 1. The van der Waals surface area contributed by atoms with Gasteiger partial charge in [-0.1, -0.05) is 19.6 Å². The zero-order valence-corrected chi connectivity index (χ0v) is 16.5. The second-order valence-corrected chi connectivity index (χ2v) is 13.8. The van der Waals surface area contributed by atoms with Gasteiger partial charge in [0.25, 0.3) is 0 Å². The molecule has 0 fully saturated rings. The van der Waals surface area contributed by atoms with Crippen LogP contribution in [0.1, 0.15) is 10.4 Å². The maximum atomic E-state index is 11.7. The van der Waals surface area contributed by atoms with Crippen molar-refractivity contribution in [3.05, 3.63) is 41.7 Å². The molecule has 0 aliphatic rings. The summed E-state index contributed by atoms with van der Waals surface area (Å²) < 4.78 is 7.80. The molecule has 2 aromatic heterocycles. The van der Waals surface area contributed by atoms with Gasteiger partial charge in [-0.15, -0.1) is 11.3 Å². The van der Waals surface area contributed by atoms with Crippen LogP contribution >= 0.6 is 11.3 Å². The van der Waals surface area contributed by atoms with E-state index in [1.165, 1.54) is 11.3 Å². The number of benzene rings is 1. The van der Waals surface area contributed by atoms with Gasteiger partial charge in [0, 0.05) is 32.5 Å². The van der Waals surface area contributed by atoms with Gasteiger partial charge in [0.1, 0.15) is 6.73 Å². The fourth-order valence-corrected chi connectivity index (χ4v) is 3.99. The Labute approximate surface area is 151 Å². The standard InChI is InChI=1S/C18H22N2O3SSi/c1-25(2,3)7-6-23-12-20-5-4-14-15(18(21)22)8-13(9-16(14)20)17-10-19-11-24-17/h4-5,8-11H,6-7,12H2,1-3H3,(H,21,22). The molecule has 1 N–H and O–H groups in total. The molecule has 7 heteroatoms. The molecule has 3 aromatic rings. The molecule has 0 atom stereocenters. The number of carboxylic acid groups (broad SMARTS) is 1. The van der Waals surface area contributed by atoms with E-state index >= 15 is 0 Å². The average molecular weight is 375 g/mol. The van der Waals surface area contributed by atoms with Crippen molar-refractivity contribution in [3.8, 4) is 10.4 Å². The van der Waals surface area contributed by atoms with Gasteiger partial charge >= 0.3 is 5.97 Å². The van der Waals surface area contributed by atoms with Gasteiger partial charge in [0.05, 0.1) is 21.5 Å². The first kappa shape index (κ1) is 17.8. The molecule has 25 heavy (non-hydrogen) atoms. The Kier molecular flexibility index (Phi) is 5.08. The molecule has 0 spiro atoms. The lowest BCUT2D eigenvalue weighted by molar-refractivity contribution is 0.0699. The van der Waals surface area contributed by atoms with Gasteiger partial charge in [-0.2, -0.15) is 0 Å². The van der Waals surface area contributed by atoms with E-state index in [1.807, 2.05) is 22.9 Å². The van der Waals surface area contributed by atoms with Crippen LogP contribution in [0.2, 0.25) is 25.7 Å². The first-order chi connectivity index (χ1) is 11.8. The number of rotatable bonds is 7. The Morgan fingerprint density at radius 2 is 2.16 bits per heavy atom. The van der Waals surface area contributed by atoms with Crippen LogP contribution in [0.25, 0.3) is 21.3 Å². The number of aromatic nitrogens is 2. The van der Waals surface area contributed by atoms with Crippen LogP contribution in [0.3, 0.4) is 0 Å². The molecule has 0 aliphatic heterocycles. The molecule has 0 bridgehead atoms. The predicted octanol–water partition coefficient (Wildman–Crippen LogP) is 4.78. The topological polar surface area (TPSA) is 64.3 Å². The number of carboxylic acids is 1. The molecule has 1 aromatic carbocycles. The number of hydrogen-bond donors (Lipinski definition) is 1. The van der Waals surface area contributed by atoms with Crippen LogP contribution in [-0.4, -0.2) is 35.3 Å². The van der Waals surface area contributed by atoms with Gasteiger partial charge < -0.3 is 14.4 Å². The van der Waals surface area contributed by atoms with E-state index in [-0.39, 0.29) is 0 Å². The summed E-state index contributed by atoms with van der Waals surface area (Å²) in [6.07, 6.45) is 3.65. The van der Waals surface area contributed by atoms with E-state index in [2.05, 4.69) is 24.6 Å². The lowest BCUT2D eigenvalue weighted by Gasteiger charge is -2.16. The van der Waals surface area contributed by atoms with Crippen molar-refractivity contribution < 1.29 is 14.6 Å². The van der Waals surface area contributed by atoms with Gasteiger partial charge in [0.15, 0.2) is 0 Å². The number of hydrogen-bond acceptors (Lipinski definition) is 4. The summed E-state index contributed by atoms with van der Waals surface area (Å²) in [5.74, 6) is -0.922. The third-order valence-corrected chi connectivity index (χ3v) is 6.59. The normalized spacial score (nSPS) is 12.0. The van der Waals surface area contributed by atoms with Crippen molar-refractivity contribution in [2.75, 3.05) is 6.61 Å². The molecule has 0 saturated heterocycles. The fraction of sp³-hybridized carbons (Fsp3) is 0.333. The SMILES string of the molecule is C[Si](C)(C)CCOCn1ccc2c(C(=O)O)cc(-c3cncs3)cc21. The van der Waals surface area contributed by atoms with Crippen molar-refractivity contribution in [1.82, 2.24) is 9.55 Å². The Morgan fingerprint density at radius 1 is 1.36 bits per heavy atom. The van der Waals surface area contributed by atoms with Gasteiger partial charge in [-0.25, -0.2) is 4.79 Å². The van der Waals surface area contributed by atoms with Crippen LogP contribution < -0.4 is 0 Å². The van der Waals surface area contributed by atoms with Gasteiger partial charge in [-0.3, -0.25) is 4.98 Å². The summed E-state index contributed by atoms with van der Waals surface area (Å²) in [6, 6.07) is 6.68. The smallest absolute Gasteiger partial charge is 0.336 e. The Hall–Kier alpha value is -1.96. The first-order valence-corrected chi connectivity index (χ1v) is 12.8. The van der Waals surface area contributed by atoms with Crippen molar-refractivity contribution in [2.24, 2.45) is 0 Å². The summed E-state index contributed by atoms with van der Waals surface area (Å²) in [5, 5.41) is 10.3. The maximum absolute atomic E-state index is 11.7. The summed E-state index contributed by atoms with van der Waals surface area (Å²) in [7, 11) is -1.12. The van der Waals surface area contributed by atoms with Crippen LogP contribution in [0.4, 0.5) is 0 Å². The van der Waals surface area contributed by atoms with Crippen LogP contribution in [-0.2, 0) is 11.5 Å². The van der Waals surface area contributed by atoms with E-state index in [1.54, 1.807) is 17.8 Å². The van der Waals surface area contributed by atoms with E-state index in [9.17, 15) is 9.90 Å². The Balaban J connectivity index is 1.91. The minimum absolute atomic E-state index is 0.307. The average Bonchev–Trinajstić information content (AvgIpc) is 3.19. The van der Waals surface area contributed by atoms with Crippen molar-refractivity contribution in [1.29, 1.82) is 0 Å². The summed E-state index contributed by atoms with van der Waals surface area (Å²) >= 11 is 1.50. The van der Waals surface area contributed by atoms with Crippen LogP contribution in [0, 0.1) is 0 Å². The van der Waals surface area contributed by atoms with Crippen molar-refractivity contribution >= 4 is 36.3 Å². The fourth-order valence-electron chi connectivity index (χ4n) is 2.63. The third kappa shape index (κ3) is 4.17. The number of aromatic carboxylic acids is 1. The predicted molar refractivity (Wildman–Crippen MR) is 104 cm³/mol. The molecule has 0 amide bonds. The molecular formula is C18H22N2O3SSi. The maximum Gasteiger partial charge on any atom is 0.336 e. The molecule has 2 heterocycles. The highest BCUT2D eigenvalue weighted by atomic mass is 32.1. The monoisotopic (exact) mass is 374 g/mol. The molecule has 132 valence electrons. The molecule has 0 radical (unpaired) electrons. The second kappa shape index (κ2) is 7.11. The summed E-state index contributed by atoms with van der Waals surface area (Å²) in [6.45, 7) is 8.13. The molecular weight excluding hydrogens is 352 g/mol. The van der Waals surface area contributed by atoms with E-state index in [0.29, 0.717) is 12.3 Å². The van der Waals surface area contributed by atoms with Crippen LogP contribution in [0.5, 0.6) is 0 Å². The highest BCUT2D eigenvalue weighted by Crippen LogP contribution is 2.30. The van der Waals surface area contributed by atoms with E-state index < -0.39 is 14.0 Å². The Bertz CT molecular complexity index is 882. The first-order valence-electron chi connectivity index (χ1n) is 8.18. The summed E-state index contributed by atoms with van der Waals surface area (Å²) in [4.78, 5) is 16.7. The number of thiazole rings is 1. The minimum atomic E-state index is -1.12. The molecule has 0 aliphatic carbocycles. The van der Waals surface area contributed by atoms with Crippen molar-refractivity contribution in [3.63, 3.8) is 0 Å². The van der Waals surface area contributed by atoms with Gasteiger partial charge in [0.2, 0.25) is 0 Å². The van der Waals surface area contributed by atoms with Crippen LogP contribution in [0.15, 0.2) is 36.1 Å². The zero-order chi connectivity index (χ0) is 18.0. The quantitative estimate of drug-likeness (QED) is 0.478. The third-order valence-electron chi connectivity index (χ3n) is 4.06. The Morgan fingerprint density at radius 3 is 2.80 bits per heavy atom. The van der Waals surface area contributed by atoms with E-state index in [0.717, 1.165) is 34.0 Å². The number of carbonyl (C=O) groups is 1. The largest absolute Gasteiger partial charge is 0.478 e.